The summed E-state index contributed by atoms with van der Waals surface area (Å²) in [5, 5.41) is 8.36. The average Bonchev–Trinajstić information content (AvgIpc) is 3.39. The van der Waals surface area contributed by atoms with Crippen LogP contribution in [0.4, 0.5) is 5.82 Å². The van der Waals surface area contributed by atoms with Gasteiger partial charge in [-0.15, -0.1) is 11.3 Å². The molecule has 1 aliphatic carbocycles. The van der Waals surface area contributed by atoms with Gasteiger partial charge in [-0.25, -0.2) is 4.98 Å². The molecule has 1 aromatic carbocycles. The van der Waals surface area contributed by atoms with Crippen LogP contribution >= 0.6 is 11.3 Å². The van der Waals surface area contributed by atoms with E-state index in [1.807, 2.05) is 48.7 Å². The monoisotopic (exact) mass is 471 g/mol. The molecule has 0 saturated heterocycles. The van der Waals surface area contributed by atoms with Crippen LogP contribution in [0.25, 0.3) is 0 Å². The molecule has 3 heterocycles. The van der Waals surface area contributed by atoms with Crippen LogP contribution in [0.15, 0.2) is 88.7 Å². The lowest BCUT2D eigenvalue weighted by Crippen LogP contribution is -2.37. The Morgan fingerprint density at radius 1 is 1.15 bits per heavy atom. The van der Waals surface area contributed by atoms with Gasteiger partial charge in [0, 0.05) is 51.9 Å². The van der Waals surface area contributed by atoms with Crippen molar-refractivity contribution in [2.45, 2.75) is 31.6 Å². The third-order valence-corrected chi connectivity index (χ3v) is 7.39. The van der Waals surface area contributed by atoms with Gasteiger partial charge in [-0.3, -0.25) is 9.59 Å². The van der Waals surface area contributed by atoms with E-state index in [9.17, 15) is 9.59 Å². The number of benzene rings is 1. The number of allylic oxidation sites excluding steroid dienone is 3. The van der Waals surface area contributed by atoms with Crippen LogP contribution in [-0.2, 0) is 9.59 Å². The van der Waals surface area contributed by atoms with E-state index < -0.39 is 5.92 Å². The summed E-state index contributed by atoms with van der Waals surface area (Å²) >= 11 is 1.68. The normalized spacial score (nSPS) is 20.0. The summed E-state index contributed by atoms with van der Waals surface area (Å²) in [6.45, 7) is 1.89. The van der Waals surface area contributed by atoms with E-state index in [4.69, 9.17) is 4.74 Å². The average molecular weight is 472 g/mol. The zero-order valence-corrected chi connectivity index (χ0v) is 19.8. The first kappa shape index (κ1) is 22.1. The summed E-state index contributed by atoms with van der Waals surface area (Å²) in [7, 11) is 1.61. The first-order valence-corrected chi connectivity index (χ1v) is 12.1. The molecule has 0 unspecified atom stereocenters. The smallest absolute Gasteiger partial charge is 0.255 e. The minimum Gasteiger partial charge on any atom is -0.497 e. The van der Waals surface area contributed by atoms with Crippen molar-refractivity contribution < 1.29 is 14.3 Å². The van der Waals surface area contributed by atoms with Gasteiger partial charge < -0.3 is 15.4 Å². The van der Waals surface area contributed by atoms with Gasteiger partial charge >= 0.3 is 0 Å². The summed E-state index contributed by atoms with van der Waals surface area (Å²) in [6, 6.07) is 17.1. The molecule has 0 bridgehead atoms. The van der Waals surface area contributed by atoms with E-state index in [2.05, 4.69) is 21.7 Å². The molecule has 5 rings (SSSR count). The lowest BCUT2D eigenvalue weighted by Gasteiger charge is -2.36. The Balaban J connectivity index is 1.58. The van der Waals surface area contributed by atoms with Crippen LogP contribution < -0.4 is 15.4 Å². The van der Waals surface area contributed by atoms with Crippen LogP contribution in [0.2, 0.25) is 0 Å². The second kappa shape index (κ2) is 9.27. The highest BCUT2D eigenvalue weighted by Gasteiger charge is 2.41. The molecule has 3 aromatic rings. The predicted octanol–water partition coefficient (Wildman–Crippen LogP) is 5.15. The Morgan fingerprint density at radius 2 is 2.03 bits per heavy atom. The van der Waals surface area contributed by atoms with Crippen LogP contribution in [-0.4, -0.2) is 23.8 Å². The highest BCUT2D eigenvalue weighted by atomic mass is 32.1. The predicted molar refractivity (Wildman–Crippen MR) is 133 cm³/mol. The number of pyridine rings is 1. The fourth-order valence-electron chi connectivity index (χ4n) is 4.84. The zero-order chi connectivity index (χ0) is 23.7. The van der Waals surface area contributed by atoms with Crippen molar-refractivity contribution in [2.24, 2.45) is 0 Å². The first-order chi connectivity index (χ1) is 16.5. The molecule has 1 aliphatic heterocycles. The maximum atomic E-state index is 13.6. The zero-order valence-electron chi connectivity index (χ0n) is 19.0. The molecule has 2 aliphatic rings. The number of anilines is 1. The first-order valence-electron chi connectivity index (χ1n) is 11.2. The van der Waals surface area contributed by atoms with Crippen LogP contribution in [0.1, 0.15) is 42.0 Å². The van der Waals surface area contributed by atoms with Crippen molar-refractivity contribution in [2.75, 3.05) is 12.4 Å². The molecule has 0 fully saturated rings. The number of carbonyl (C=O) groups is 2. The van der Waals surface area contributed by atoms with Crippen molar-refractivity contribution in [1.82, 2.24) is 10.3 Å². The van der Waals surface area contributed by atoms with Crippen molar-refractivity contribution in [3.05, 3.63) is 99.2 Å². The van der Waals surface area contributed by atoms with Crippen molar-refractivity contribution >= 4 is 28.8 Å². The minimum absolute atomic E-state index is 0.0654. The standard InChI is InChI=1S/C27H25N3O3S/c1-16-24(27(32)30-23-10-3-4-11-28-23)25(17-7-5-8-19(13-17)33-2)26-20(29-16)14-18(15-21(26)31)22-9-6-12-34-22/h3-13,18,25,29H,14-15H2,1-2H3,(H,28,30,32)/t18-,25+/m1/s1. The Morgan fingerprint density at radius 3 is 2.76 bits per heavy atom. The Kier molecular flexibility index (Phi) is 6.02. The lowest BCUT2D eigenvalue weighted by atomic mass is 9.72. The largest absolute Gasteiger partial charge is 0.497 e. The third kappa shape index (κ3) is 4.15. The molecule has 1 amide bonds. The number of thiophene rings is 1. The molecular weight excluding hydrogens is 446 g/mol. The van der Waals surface area contributed by atoms with E-state index in [1.165, 1.54) is 4.88 Å². The van der Waals surface area contributed by atoms with Gasteiger partial charge in [0.15, 0.2) is 5.78 Å². The van der Waals surface area contributed by atoms with Gasteiger partial charge in [0.1, 0.15) is 11.6 Å². The number of hydrogen-bond donors (Lipinski definition) is 2. The number of nitrogens with zero attached hydrogens (tertiary/aromatic N) is 1. The SMILES string of the molecule is COc1cccc([C@H]2C(C(=O)Nc3ccccn3)=C(C)NC3=C2C(=O)C[C@H](c2cccs2)C3)c1. The molecule has 2 N–H and O–H groups in total. The number of hydrogen-bond acceptors (Lipinski definition) is 6. The van der Waals surface area contributed by atoms with E-state index in [1.54, 1.807) is 36.8 Å². The van der Waals surface area contributed by atoms with Gasteiger partial charge in [-0.05, 0) is 54.6 Å². The van der Waals surface area contributed by atoms with Crippen molar-refractivity contribution in [1.29, 1.82) is 0 Å². The molecule has 0 saturated carbocycles. The Labute approximate surface area is 202 Å². The van der Waals surface area contributed by atoms with Crippen LogP contribution in [0.5, 0.6) is 5.75 Å². The van der Waals surface area contributed by atoms with Crippen molar-refractivity contribution in [3.63, 3.8) is 0 Å². The summed E-state index contributed by atoms with van der Waals surface area (Å²) in [6.07, 6.45) is 2.79. The number of carbonyl (C=O) groups excluding carboxylic acids is 2. The van der Waals surface area contributed by atoms with Crippen LogP contribution in [0.3, 0.4) is 0 Å². The van der Waals surface area contributed by atoms with Gasteiger partial charge in [0.25, 0.3) is 5.91 Å². The quantitative estimate of drug-likeness (QED) is 0.538. The lowest BCUT2D eigenvalue weighted by molar-refractivity contribution is -0.116. The Bertz CT molecular complexity index is 1300. The van der Waals surface area contributed by atoms with Crippen LogP contribution in [0, 0.1) is 0 Å². The molecule has 0 spiro atoms. The molecule has 7 heteroatoms. The number of ether oxygens (including phenoxy) is 1. The fourth-order valence-corrected chi connectivity index (χ4v) is 5.67. The number of methoxy groups -OCH3 is 1. The summed E-state index contributed by atoms with van der Waals surface area (Å²) in [5.74, 6) is 0.574. The Hall–Kier alpha value is -3.71. The fraction of sp³-hybridized carbons (Fsp3) is 0.222. The summed E-state index contributed by atoms with van der Waals surface area (Å²) in [5.41, 5.74) is 3.66. The number of nitrogens with one attached hydrogen (secondary N) is 2. The molecule has 6 nitrogen and oxygen atoms in total. The molecule has 2 aromatic heterocycles. The van der Waals surface area contributed by atoms with E-state index >= 15 is 0 Å². The number of aromatic nitrogens is 1. The van der Waals surface area contributed by atoms with Gasteiger partial charge in [0.05, 0.1) is 7.11 Å². The van der Waals surface area contributed by atoms with E-state index in [0.717, 1.165) is 23.4 Å². The van der Waals surface area contributed by atoms with Gasteiger partial charge in [-0.2, -0.15) is 0 Å². The maximum Gasteiger partial charge on any atom is 0.255 e. The van der Waals surface area contributed by atoms with Gasteiger partial charge in [0.2, 0.25) is 0 Å². The highest BCUT2D eigenvalue weighted by molar-refractivity contribution is 7.10. The van der Waals surface area contributed by atoms with Gasteiger partial charge in [-0.1, -0.05) is 24.3 Å². The summed E-state index contributed by atoms with van der Waals surface area (Å²) < 4.78 is 5.45. The highest BCUT2D eigenvalue weighted by Crippen LogP contribution is 2.46. The second-order valence-corrected chi connectivity index (χ2v) is 9.46. The van der Waals surface area contributed by atoms with E-state index in [-0.39, 0.29) is 17.6 Å². The molecule has 34 heavy (non-hydrogen) atoms. The maximum absolute atomic E-state index is 13.6. The minimum atomic E-state index is -0.494. The number of amides is 1. The molecule has 172 valence electrons. The number of ketones is 1. The molecular formula is C27H25N3O3S. The second-order valence-electron chi connectivity index (χ2n) is 8.48. The topological polar surface area (TPSA) is 80.3 Å². The molecule has 0 radical (unpaired) electrons. The summed E-state index contributed by atoms with van der Waals surface area (Å²) in [4.78, 5) is 32.6. The number of dihydropyridines is 1. The van der Waals surface area contributed by atoms with Crippen molar-refractivity contribution in [3.8, 4) is 5.75 Å². The number of rotatable bonds is 5. The molecule has 2 atom stereocenters. The number of Topliss-reactive ketones (excluding diaryl/α,β-unsaturated/α-hetero) is 1. The third-order valence-electron chi connectivity index (χ3n) is 6.35. The van der Waals surface area contributed by atoms with E-state index in [0.29, 0.717) is 29.1 Å².